The topological polar surface area (TPSA) is 125 Å². The molecule has 0 fully saturated rings. The van der Waals surface area contributed by atoms with Crippen molar-refractivity contribution in [1.82, 2.24) is 10.0 Å². The molecule has 10 heteroatoms. The SMILES string of the molecule is CNS(=O)(=O)CCNC(=O)Nc1sc(C)c(C)c1C(=O)O. The molecule has 0 aliphatic carbocycles. The maximum absolute atomic E-state index is 11.7. The van der Waals surface area contributed by atoms with Crippen molar-refractivity contribution in [3.05, 3.63) is 16.0 Å². The Bertz CT molecular complexity index is 651. The number of urea groups is 1. The van der Waals surface area contributed by atoms with Gasteiger partial charge in [0.2, 0.25) is 10.0 Å². The van der Waals surface area contributed by atoms with Crippen LogP contribution in [0.3, 0.4) is 0 Å². The predicted octanol–water partition coefficient (Wildman–Crippen LogP) is 0.734. The molecule has 0 spiro atoms. The minimum absolute atomic E-state index is 0.0514. The first-order valence-corrected chi connectivity index (χ1v) is 8.44. The second kappa shape index (κ2) is 6.87. The monoisotopic (exact) mass is 335 g/mol. The van der Waals surface area contributed by atoms with Crippen molar-refractivity contribution in [1.29, 1.82) is 0 Å². The second-order valence-electron chi connectivity index (χ2n) is 4.20. The Kier molecular flexibility index (Phi) is 5.70. The van der Waals surface area contributed by atoms with E-state index in [4.69, 9.17) is 5.11 Å². The molecular formula is C11H17N3O5S2. The van der Waals surface area contributed by atoms with E-state index in [1.54, 1.807) is 13.8 Å². The van der Waals surface area contributed by atoms with Crippen LogP contribution in [-0.2, 0) is 10.0 Å². The number of nitrogens with one attached hydrogen (secondary N) is 3. The smallest absolute Gasteiger partial charge is 0.338 e. The van der Waals surface area contributed by atoms with Gasteiger partial charge in [-0.05, 0) is 26.5 Å². The Morgan fingerprint density at radius 3 is 2.43 bits per heavy atom. The Labute approximate surface area is 126 Å². The molecule has 0 atom stereocenters. The molecule has 0 radical (unpaired) electrons. The second-order valence-corrected chi connectivity index (χ2v) is 7.47. The Balaban J connectivity index is 2.68. The summed E-state index contributed by atoms with van der Waals surface area (Å²) in [4.78, 5) is 23.6. The first-order valence-electron chi connectivity index (χ1n) is 5.97. The average molecular weight is 335 g/mol. The van der Waals surface area contributed by atoms with Gasteiger partial charge in [0.05, 0.1) is 11.3 Å². The molecule has 21 heavy (non-hydrogen) atoms. The highest BCUT2D eigenvalue weighted by Crippen LogP contribution is 2.32. The fourth-order valence-corrected chi connectivity index (χ4v) is 3.14. The van der Waals surface area contributed by atoms with Crippen LogP contribution in [0.15, 0.2) is 0 Å². The van der Waals surface area contributed by atoms with Gasteiger partial charge in [-0.1, -0.05) is 0 Å². The molecular weight excluding hydrogens is 318 g/mol. The maximum Gasteiger partial charge on any atom is 0.338 e. The van der Waals surface area contributed by atoms with E-state index in [2.05, 4.69) is 15.4 Å². The number of carbonyl (C=O) groups excluding carboxylic acids is 1. The Morgan fingerprint density at radius 1 is 1.29 bits per heavy atom. The van der Waals surface area contributed by atoms with Crippen molar-refractivity contribution in [2.75, 3.05) is 24.7 Å². The molecule has 0 bridgehead atoms. The van der Waals surface area contributed by atoms with Crippen LogP contribution in [0, 0.1) is 13.8 Å². The molecule has 1 rings (SSSR count). The molecule has 8 nitrogen and oxygen atoms in total. The minimum atomic E-state index is -3.40. The lowest BCUT2D eigenvalue weighted by Gasteiger charge is -2.07. The highest BCUT2D eigenvalue weighted by Gasteiger charge is 2.20. The van der Waals surface area contributed by atoms with Crippen LogP contribution in [0.1, 0.15) is 20.8 Å². The number of hydrogen-bond donors (Lipinski definition) is 4. The van der Waals surface area contributed by atoms with E-state index >= 15 is 0 Å². The molecule has 0 aliphatic heterocycles. The van der Waals surface area contributed by atoms with Gasteiger partial charge in [-0.25, -0.2) is 22.7 Å². The van der Waals surface area contributed by atoms with Crippen molar-refractivity contribution in [2.45, 2.75) is 13.8 Å². The first kappa shape index (κ1) is 17.4. The van der Waals surface area contributed by atoms with Crippen molar-refractivity contribution in [3.63, 3.8) is 0 Å². The first-order chi connectivity index (χ1) is 9.68. The van der Waals surface area contributed by atoms with E-state index in [-0.39, 0.29) is 22.9 Å². The van der Waals surface area contributed by atoms with Gasteiger partial charge in [0, 0.05) is 11.4 Å². The van der Waals surface area contributed by atoms with Gasteiger partial charge in [0.15, 0.2) is 0 Å². The van der Waals surface area contributed by atoms with Crippen LogP contribution in [0.25, 0.3) is 0 Å². The van der Waals surface area contributed by atoms with E-state index < -0.39 is 22.0 Å². The van der Waals surface area contributed by atoms with Gasteiger partial charge in [-0.3, -0.25) is 5.32 Å². The van der Waals surface area contributed by atoms with E-state index in [1.165, 1.54) is 7.05 Å². The molecule has 0 unspecified atom stereocenters. The predicted molar refractivity (Wildman–Crippen MR) is 80.6 cm³/mol. The summed E-state index contributed by atoms with van der Waals surface area (Å²) in [6, 6.07) is -0.648. The summed E-state index contributed by atoms with van der Waals surface area (Å²) in [5, 5.41) is 14.2. The molecule has 1 aromatic heterocycles. The van der Waals surface area contributed by atoms with E-state index in [0.717, 1.165) is 16.2 Å². The number of aromatic carboxylic acids is 1. The molecule has 1 aromatic rings. The number of carboxylic acid groups (broad SMARTS) is 1. The van der Waals surface area contributed by atoms with E-state index in [1.807, 2.05) is 0 Å². The highest BCUT2D eigenvalue weighted by molar-refractivity contribution is 7.89. The summed E-state index contributed by atoms with van der Waals surface area (Å²) in [5.74, 6) is -1.38. The molecule has 0 aromatic carbocycles. The van der Waals surface area contributed by atoms with Crippen LogP contribution >= 0.6 is 11.3 Å². The van der Waals surface area contributed by atoms with Crippen LogP contribution in [0.2, 0.25) is 0 Å². The maximum atomic E-state index is 11.7. The van der Waals surface area contributed by atoms with E-state index in [0.29, 0.717) is 5.56 Å². The van der Waals surface area contributed by atoms with Gasteiger partial charge in [-0.2, -0.15) is 0 Å². The third-order valence-corrected chi connectivity index (χ3v) is 5.28. The van der Waals surface area contributed by atoms with Crippen molar-refractivity contribution in [3.8, 4) is 0 Å². The van der Waals surface area contributed by atoms with Gasteiger partial charge in [0.1, 0.15) is 5.00 Å². The van der Waals surface area contributed by atoms with Crippen LogP contribution < -0.4 is 15.4 Å². The zero-order chi connectivity index (χ0) is 16.2. The largest absolute Gasteiger partial charge is 0.478 e. The number of aryl methyl sites for hydroxylation is 1. The van der Waals surface area contributed by atoms with Crippen LogP contribution in [0.5, 0.6) is 0 Å². The van der Waals surface area contributed by atoms with Gasteiger partial charge >= 0.3 is 12.0 Å². The summed E-state index contributed by atoms with van der Waals surface area (Å²) >= 11 is 1.16. The zero-order valence-corrected chi connectivity index (χ0v) is 13.4. The molecule has 1 heterocycles. The summed E-state index contributed by atoms with van der Waals surface area (Å²) in [5.41, 5.74) is 0.649. The number of sulfonamides is 1. The number of rotatable bonds is 6. The number of carbonyl (C=O) groups is 2. The number of thiophene rings is 1. The average Bonchev–Trinajstić information content (AvgIpc) is 2.64. The van der Waals surface area contributed by atoms with Crippen LogP contribution in [-0.4, -0.2) is 44.9 Å². The number of anilines is 1. The zero-order valence-electron chi connectivity index (χ0n) is 11.8. The highest BCUT2D eigenvalue weighted by atomic mass is 32.2. The lowest BCUT2D eigenvalue weighted by atomic mass is 10.1. The van der Waals surface area contributed by atoms with Gasteiger partial charge < -0.3 is 10.4 Å². The van der Waals surface area contributed by atoms with Gasteiger partial charge in [0.25, 0.3) is 0 Å². The Hall–Kier alpha value is -1.65. The third-order valence-electron chi connectivity index (χ3n) is 2.79. The van der Waals surface area contributed by atoms with Crippen LogP contribution in [0.4, 0.5) is 9.80 Å². The standard InChI is InChI=1S/C11H17N3O5S2/c1-6-7(2)20-9(8(6)10(15)16)14-11(17)13-4-5-21(18,19)12-3/h12H,4-5H2,1-3H3,(H,15,16)(H2,13,14,17). The molecule has 0 saturated heterocycles. The normalized spacial score (nSPS) is 11.2. The number of carboxylic acids is 1. The van der Waals surface area contributed by atoms with Crippen molar-refractivity contribution >= 4 is 38.4 Å². The quantitative estimate of drug-likeness (QED) is 0.610. The summed E-state index contributed by atoms with van der Waals surface area (Å²) in [6.07, 6.45) is 0. The minimum Gasteiger partial charge on any atom is -0.478 e. The molecule has 118 valence electrons. The lowest BCUT2D eigenvalue weighted by molar-refractivity contribution is 0.0697. The third kappa shape index (κ3) is 4.69. The van der Waals surface area contributed by atoms with Crippen molar-refractivity contribution < 1.29 is 23.1 Å². The molecule has 0 aliphatic rings. The number of amides is 2. The van der Waals surface area contributed by atoms with Crippen molar-refractivity contribution in [2.24, 2.45) is 0 Å². The van der Waals surface area contributed by atoms with Gasteiger partial charge in [-0.15, -0.1) is 11.3 Å². The van der Waals surface area contributed by atoms with E-state index in [9.17, 15) is 18.0 Å². The molecule has 2 amide bonds. The fraction of sp³-hybridized carbons (Fsp3) is 0.455. The number of hydrogen-bond acceptors (Lipinski definition) is 5. The molecule has 4 N–H and O–H groups in total. The summed E-state index contributed by atoms with van der Waals surface area (Å²) in [6.45, 7) is 3.34. The Morgan fingerprint density at radius 2 is 1.90 bits per heavy atom. The summed E-state index contributed by atoms with van der Waals surface area (Å²) < 4.78 is 24.5. The lowest BCUT2D eigenvalue weighted by Crippen LogP contribution is -2.35. The summed E-state index contributed by atoms with van der Waals surface area (Å²) in [7, 11) is -2.11. The fourth-order valence-electron chi connectivity index (χ4n) is 1.52. The molecule has 0 saturated carbocycles.